The van der Waals surface area contributed by atoms with Crippen LogP contribution in [0.25, 0.3) is 0 Å². The van der Waals surface area contributed by atoms with Crippen molar-refractivity contribution in [1.82, 2.24) is 0 Å². The summed E-state index contributed by atoms with van der Waals surface area (Å²) < 4.78 is 6.25. The lowest BCUT2D eigenvalue weighted by atomic mass is 9.89. The zero-order valence-corrected chi connectivity index (χ0v) is 11.1. The van der Waals surface area contributed by atoms with Crippen LogP contribution in [0, 0.1) is 16.7 Å². The highest BCUT2D eigenvalue weighted by molar-refractivity contribution is 6.74. The molecule has 80 valence electrons. The van der Waals surface area contributed by atoms with Crippen LogP contribution >= 0.6 is 0 Å². The SMILES string of the molecule is CC(C)(C)[Si](C)(C)OCC1C23CC12C3. The molecule has 0 radical (unpaired) electrons. The van der Waals surface area contributed by atoms with E-state index in [1.54, 1.807) is 12.8 Å². The summed E-state index contributed by atoms with van der Waals surface area (Å²) in [5.74, 6) is 0.990. The lowest BCUT2D eigenvalue weighted by Gasteiger charge is -2.37. The van der Waals surface area contributed by atoms with Gasteiger partial charge in [-0.15, -0.1) is 0 Å². The van der Waals surface area contributed by atoms with Crippen molar-refractivity contribution in [1.29, 1.82) is 0 Å². The molecule has 0 spiro atoms. The first-order chi connectivity index (χ1) is 6.25. The lowest BCUT2D eigenvalue weighted by molar-refractivity contribution is 0.179. The zero-order valence-electron chi connectivity index (χ0n) is 10.1. The van der Waals surface area contributed by atoms with Gasteiger partial charge in [-0.3, -0.25) is 0 Å². The maximum atomic E-state index is 6.25. The highest BCUT2D eigenvalue weighted by Crippen LogP contribution is 3.09. The van der Waals surface area contributed by atoms with Crippen molar-refractivity contribution < 1.29 is 4.43 Å². The van der Waals surface area contributed by atoms with Gasteiger partial charge in [-0.1, -0.05) is 20.8 Å². The smallest absolute Gasteiger partial charge is 0.191 e. The van der Waals surface area contributed by atoms with Gasteiger partial charge in [0.2, 0.25) is 0 Å². The van der Waals surface area contributed by atoms with Gasteiger partial charge in [0.15, 0.2) is 8.32 Å². The molecule has 3 aliphatic carbocycles. The topological polar surface area (TPSA) is 9.23 Å². The van der Waals surface area contributed by atoms with E-state index in [0.717, 1.165) is 23.4 Å². The van der Waals surface area contributed by atoms with E-state index in [1.165, 1.54) is 0 Å². The minimum absolute atomic E-state index is 0.381. The lowest BCUT2D eigenvalue weighted by Crippen LogP contribution is -2.42. The van der Waals surface area contributed by atoms with Crippen molar-refractivity contribution in [2.45, 2.75) is 51.7 Å². The molecule has 3 fully saturated rings. The molecule has 2 heteroatoms. The fourth-order valence-electron chi connectivity index (χ4n) is 2.88. The predicted molar refractivity (Wildman–Crippen MR) is 60.7 cm³/mol. The first-order valence-corrected chi connectivity index (χ1v) is 8.80. The first kappa shape index (κ1) is 9.41. The predicted octanol–water partition coefficient (Wildman–Crippen LogP) is 3.42. The largest absolute Gasteiger partial charge is 0.417 e. The molecule has 1 nitrogen and oxygen atoms in total. The van der Waals surface area contributed by atoms with E-state index in [1.807, 2.05) is 0 Å². The molecule has 0 aromatic carbocycles. The second-order valence-corrected chi connectivity index (χ2v) is 12.1. The third-order valence-electron chi connectivity index (χ3n) is 5.67. The Bertz CT molecular complexity index is 280. The van der Waals surface area contributed by atoms with E-state index >= 15 is 0 Å². The molecule has 3 aliphatic rings. The van der Waals surface area contributed by atoms with Crippen molar-refractivity contribution in [3.05, 3.63) is 0 Å². The standard InChI is InChI=1S/C12H22OSi/c1-10(2,3)14(4,5)13-6-9-11-7-12(9,11)8-11/h9H,6-8H2,1-5H3. The third-order valence-corrected chi connectivity index (χ3v) is 10.2. The van der Waals surface area contributed by atoms with E-state index in [4.69, 9.17) is 4.43 Å². The molecule has 0 atom stereocenters. The summed E-state index contributed by atoms with van der Waals surface area (Å²) in [5, 5.41) is 0.381. The summed E-state index contributed by atoms with van der Waals surface area (Å²) in [7, 11) is -1.45. The fourth-order valence-corrected chi connectivity index (χ4v) is 3.90. The highest BCUT2D eigenvalue weighted by Gasteiger charge is 3.04. The van der Waals surface area contributed by atoms with Crippen molar-refractivity contribution in [2.24, 2.45) is 16.7 Å². The molecule has 0 bridgehead atoms. The number of rotatable bonds is 3. The van der Waals surface area contributed by atoms with Crippen molar-refractivity contribution >= 4 is 8.32 Å². The Morgan fingerprint density at radius 1 is 1.21 bits per heavy atom. The molecular weight excluding hydrogens is 188 g/mol. The molecule has 3 saturated carbocycles. The van der Waals surface area contributed by atoms with Crippen molar-refractivity contribution in [3.8, 4) is 0 Å². The molecule has 0 saturated heterocycles. The van der Waals surface area contributed by atoms with Gasteiger partial charge in [0, 0.05) is 6.61 Å². The Labute approximate surface area is 88.4 Å². The maximum Gasteiger partial charge on any atom is 0.191 e. The van der Waals surface area contributed by atoms with Gasteiger partial charge in [-0.05, 0) is 47.7 Å². The van der Waals surface area contributed by atoms with Crippen LogP contribution in [0.15, 0.2) is 0 Å². The Morgan fingerprint density at radius 2 is 1.71 bits per heavy atom. The van der Waals surface area contributed by atoms with Crippen molar-refractivity contribution in [3.63, 3.8) is 0 Å². The third kappa shape index (κ3) is 0.855. The second-order valence-electron chi connectivity index (χ2n) is 7.29. The van der Waals surface area contributed by atoms with E-state index in [0.29, 0.717) is 5.04 Å². The van der Waals surface area contributed by atoms with Gasteiger partial charge in [0.25, 0.3) is 0 Å². The van der Waals surface area contributed by atoms with E-state index in [-0.39, 0.29) is 0 Å². The van der Waals surface area contributed by atoms with Crippen LogP contribution in [0.4, 0.5) is 0 Å². The molecule has 0 heterocycles. The van der Waals surface area contributed by atoms with Gasteiger partial charge in [-0.25, -0.2) is 0 Å². The zero-order chi connectivity index (χ0) is 10.4. The summed E-state index contributed by atoms with van der Waals surface area (Å²) in [5.41, 5.74) is 1.74. The van der Waals surface area contributed by atoms with Crippen LogP contribution < -0.4 is 0 Å². The van der Waals surface area contributed by atoms with Gasteiger partial charge in [0.05, 0.1) is 0 Å². The van der Waals surface area contributed by atoms with Gasteiger partial charge >= 0.3 is 0 Å². The summed E-state index contributed by atoms with van der Waals surface area (Å²) in [6.07, 6.45) is 3.09. The molecule has 0 unspecified atom stereocenters. The minimum atomic E-state index is -1.45. The molecule has 3 rings (SSSR count). The van der Waals surface area contributed by atoms with E-state index < -0.39 is 8.32 Å². The quantitative estimate of drug-likeness (QED) is 0.649. The molecule has 0 amide bonds. The molecule has 0 aliphatic heterocycles. The van der Waals surface area contributed by atoms with Crippen LogP contribution in [0.2, 0.25) is 18.1 Å². The van der Waals surface area contributed by atoms with Gasteiger partial charge in [-0.2, -0.15) is 0 Å². The summed E-state index contributed by atoms with van der Waals surface area (Å²) in [4.78, 5) is 0. The molecule has 14 heavy (non-hydrogen) atoms. The van der Waals surface area contributed by atoms with Crippen LogP contribution in [-0.2, 0) is 4.43 Å². The minimum Gasteiger partial charge on any atom is -0.417 e. The van der Waals surface area contributed by atoms with Crippen molar-refractivity contribution in [2.75, 3.05) is 6.61 Å². The summed E-state index contributed by atoms with van der Waals surface area (Å²) in [6, 6.07) is 0. The average Bonchev–Trinajstić information content (AvgIpc) is 2.68. The maximum absolute atomic E-state index is 6.25. The normalized spacial score (nSPS) is 48.2. The molecule has 0 aromatic rings. The second kappa shape index (κ2) is 2.01. The molecule has 0 aromatic heterocycles. The number of hydrogen-bond donors (Lipinski definition) is 0. The van der Waals surface area contributed by atoms with Gasteiger partial charge < -0.3 is 4.43 Å². The summed E-state index contributed by atoms with van der Waals surface area (Å²) in [6.45, 7) is 12.8. The van der Waals surface area contributed by atoms with Gasteiger partial charge in [0.1, 0.15) is 0 Å². The van der Waals surface area contributed by atoms with Crippen LogP contribution in [0.5, 0.6) is 0 Å². The van der Waals surface area contributed by atoms with E-state index in [9.17, 15) is 0 Å². The average molecular weight is 210 g/mol. The molecular formula is C12H22OSi. The Morgan fingerprint density at radius 3 is 2.00 bits per heavy atom. The Hall–Kier alpha value is 0.177. The monoisotopic (exact) mass is 210 g/mol. The Balaban J connectivity index is 1.52. The number of hydrogen-bond acceptors (Lipinski definition) is 1. The molecule has 0 N–H and O–H groups in total. The highest BCUT2D eigenvalue weighted by atomic mass is 28.4. The van der Waals surface area contributed by atoms with Crippen LogP contribution in [0.3, 0.4) is 0 Å². The van der Waals surface area contributed by atoms with Crippen LogP contribution in [0.1, 0.15) is 33.6 Å². The summed E-state index contributed by atoms with van der Waals surface area (Å²) >= 11 is 0. The first-order valence-electron chi connectivity index (χ1n) is 5.89. The fraction of sp³-hybridized carbons (Fsp3) is 1.00. The van der Waals surface area contributed by atoms with E-state index in [2.05, 4.69) is 33.9 Å². The Kier molecular flexibility index (Phi) is 1.35. The van der Waals surface area contributed by atoms with Crippen LogP contribution in [-0.4, -0.2) is 14.9 Å².